The van der Waals surface area contributed by atoms with Gasteiger partial charge in [-0.1, -0.05) is 206 Å². The van der Waals surface area contributed by atoms with Crippen LogP contribution >= 0.6 is 11.8 Å². The van der Waals surface area contributed by atoms with Crippen LogP contribution in [0.5, 0.6) is 0 Å². The van der Waals surface area contributed by atoms with Crippen molar-refractivity contribution in [1.82, 2.24) is 0 Å². The van der Waals surface area contributed by atoms with E-state index in [0.29, 0.717) is 37.6 Å². The molecule has 0 unspecified atom stereocenters. The van der Waals surface area contributed by atoms with Gasteiger partial charge in [-0.05, 0) is 12.8 Å². The molecule has 0 aromatic carbocycles. The summed E-state index contributed by atoms with van der Waals surface area (Å²) in [4.78, 5) is 23.9. The van der Waals surface area contributed by atoms with E-state index in [1.165, 1.54) is 180 Å². The molecule has 0 heterocycles. The van der Waals surface area contributed by atoms with Crippen molar-refractivity contribution in [1.29, 1.82) is 0 Å². The third-order valence-electron chi connectivity index (χ3n) is 9.42. The van der Waals surface area contributed by atoms with E-state index in [0.717, 1.165) is 25.7 Å². The molecule has 0 aromatic rings. The first-order valence-electron chi connectivity index (χ1n) is 21.1. The van der Waals surface area contributed by atoms with Crippen LogP contribution in [-0.2, 0) is 19.1 Å². The summed E-state index contributed by atoms with van der Waals surface area (Å²) in [6, 6.07) is 0. The second kappa shape index (κ2) is 45.1. The molecule has 0 fully saturated rings. The SMILES string of the molecule is CCCCCCCCCCCCCCCCCCOC(=O)CCSCCC(=O)OCCCCCCCCCCCCCCCCCC.[SnH2]. The zero-order valence-corrected chi connectivity index (χ0v) is 37.5. The van der Waals surface area contributed by atoms with Crippen LogP contribution in [0, 0.1) is 0 Å². The molecule has 2 radical (unpaired) electrons. The molecule has 286 valence electrons. The fourth-order valence-electron chi connectivity index (χ4n) is 6.23. The number of carbonyl (C=O) groups excluding carboxylic acids is 2. The Morgan fingerprint density at radius 2 is 0.562 bits per heavy atom. The zero-order valence-electron chi connectivity index (χ0n) is 32.6. The van der Waals surface area contributed by atoms with Crippen LogP contribution in [0.3, 0.4) is 0 Å². The number of unbranched alkanes of at least 4 members (excludes halogenated alkanes) is 30. The van der Waals surface area contributed by atoms with Crippen molar-refractivity contribution < 1.29 is 19.1 Å². The van der Waals surface area contributed by atoms with E-state index < -0.39 is 0 Å². The summed E-state index contributed by atoms with van der Waals surface area (Å²) in [5, 5.41) is 0. The van der Waals surface area contributed by atoms with Crippen molar-refractivity contribution >= 4 is 47.6 Å². The molecule has 0 bridgehead atoms. The Labute approximate surface area is 321 Å². The van der Waals surface area contributed by atoms with Crippen LogP contribution in [0.15, 0.2) is 0 Å². The van der Waals surface area contributed by atoms with E-state index in [9.17, 15) is 9.59 Å². The van der Waals surface area contributed by atoms with Gasteiger partial charge in [0.2, 0.25) is 0 Å². The molecular formula is C42H84O4SSn. The number of carbonyl (C=O) groups is 2. The van der Waals surface area contributed by atoms with Crippen molar-refractivity contribution in [3.63, 3.8) is 0 Å². The first kappa shape index (κ1) is 50.2. The van der Waals surface area contributed by atoms with Gasteiger partial charge < -0.3 is 9.47 Å². The zero-order chi connectivity index (χ0) is 34.1. The Hall–Kier alpha value is 0.0887. The van der Waals surface area contributed by atoms with Crippen molar-refractivity contribution in [2.45, 2.75) is 232 Å². The number of rotatable bonds is 40. The van der Waals surface area contributed by atoms with Gasteiger partial charge in [0.25, 0.3) is 0 Å². The summed E-state index contributed by atoms with van der Waals surface area (Å²) in [6.07, 6.45) is 44.0. The maximum atomic E-state index is 12.0. The van der Waals surface area contributed by atoms with Gasteiger partial charge in [0.05, 0.1) is 26.1 Å². The second-order valence-electron chi connectivity index (χ2n) is 14.2. The molecule has 0 aliphatic heterocycles. The van der Waals surface area contributed by atoms with Crippen LogP contribution in [-0.4, -0.2) is 60.6 Å². The first-order chi connectivity index (χ1) is 23.2. The minimum absolute atomic E-state index is 0. The van der Waals surface area contributed by atoms with Crippen LogP contribution in [0.4, 0.5) is 0 Å². The van der Waals surface area contributed by atoms with Gasteiger partial charge in [0.1, 0.15) is 0 Å². The Morgan fingerprint density at radius 3 is 0.792 bits per heavy atom. The van der Waals surface area contributed by atoms with E-state index in [4.69, 9.17) is 9.47 Å². The fourth-order valence-corrected chi connectivity index (χ4v) is 7.06. The van der Waals surface area contributed by atoms with E-state index >= 15 is 0 Å². The van der Waals surface area contributed by atoms with E-state index in [1.54, 1.807) is 11.8 Å². The third-order valence-corrected chi connectivity index (χ3v) is 10.4. The topological polar surface area (TPSA) is 52.6 Å². The molecular weight excluding hydrogens is 719 g/mol. The van der Waals surface area contributed by atoms with Gasteiger partial charge in [0.15, 0.2) is 0 Å². The van der Waals surface area contributed by atoms with Gasteiger partial charge in [-0.15, -0.1) is 0 Å². The van der Waals surface area contributed by atoms with Crippen molar-refractivity contribution in [3.05, 3.63) is 0 Å². The van der Waals surface area contributed by atoms with E-state index in [1.807, 2.05) is 0 Å². The molecule has 0 atom stereocenters. The van der Waals surface area contributed by atoms with Crippen LogP contribution < -0.4 is 0 Å². The molecule has 0 saturated carbocycles. The predicted molar refractivity (Wildman–Crippen MR) is 216 cm³/mol. The normalized spacial score (nSPS) is 11.0. The molecule has 0 aliphatic carbocycles. The Kier molecular flexibility index (Phi) is 47.2. The third kappa shape index (κ3) is 44.1. The average molecular weight is 804 g/mol. The van der Waals surface area contributed by atoms with Crippen molar-refractivity contribution in [3.8, 4) is 0 Å². The second-order valence-corrected chi connectivity index (χ2v) is 15.4. The molecule has 0 N–H and O–H groups in total. The molecule has 6 heteroatoms. The molecule has 0 amide bonds. The number of thioether (sulfide) groups is 1. The van der Waals surface area contributed by atoms with Crippen LogP contribution in [0.1, 0.15) is 232 Å². The van der Waals surface area contributed by atoms with E-state index in [-0.39, 0.29) is 35.8 Å². The van der Waals surface area contributed by atoms with Crippen molar-refractivity contribution in [2.75, 3.05) is 24.7 Å². The number of hydrogen-bond donors (Lipinski definition) is 0. The molecule has 0 rings (SSSR count). The van der Waals surface area contributed by atoms with Gasteiger partial charge in [-0.3, -0.25) is 9.59 Å². The number of hydrogen-bond acceptors (Lipinski definition) is 5. The molecule has 0 saturated heterocycles. The quantitative estimate of drug-likeness (QED) is 0.0351. The summed E-state index contributed by atoms with van der Waals surface area (Å²) in [7, 11) is 0. The summed E-state index contributed by atoms with van der Waals surface area (Å²) >= 11 is 1.64. The summed E-state index contributed by atoms with van der Waals surface area (Å²) in [5.41, 5.74) is 0. The molecule has 48 heavy (non-hydrogen) atoms. The number of ether oxygens (including phenoxy) is 2. The summed E-state index contributed by atoms with van der Waals surface area (Å²) in [5.74, 6) is 1.21. The van der Waals surface area contributed by atoms with Crippen LogP contribution in [0.25, 0.3) is 0 Å². The Morgan fingerprint density at radius 1 is 0.354 bits per heavy atom. The molecule has 0 aliphatic rings. The van der Waals surface area contributed by atoms with E-state index in [2.05, 4.69) is 13.8 Å². The summed E-state index contributed by atoms with van der Waals surface area (Å²) in [6.45, 7) is 5.67. The van der Waals surface area contributed by atoms with Gasteiger partial charge in [0, 0.05) is 11.5 Å². The number of esters is 2. The standard InChI is InChI=1S/C42H82O4S.Sn.2H/c1-3-5-7-9-11-13-15-17-19-21-23-25-27-29-31-33-37-45-41(43)35-39-47-40-36-42(44)46-38-34-32-30-28-26-24-22-20-18-16-14-12-10-8-6-4-2;;;/h3-40H2,1-2H3;;;. The minimum atomic E-state index is -0.107. The van der Waals surface area contributed by atoms with Crippen LogP contribution in [0.2, 0.25) is 0 Å². The fraction of sp³-hybridized carbons (Fsp3) is 0.952. The van der Waals surface area contributed by atoms with Gasteiger partial charge in [-0.2, -0.15) is 11.8 Å². The van der Waals surface area contributed by atoms with Crippen molar-refractivity contribution in [2.24, 2.45) is 0 Å². The summed E-state index contributed by atoms with van der Waals surface area (Å²) < 4.78 is 10.8. The first-order valence-corrected chi connectivity index (χ1v) is 22.2. The molecule has 0 aromatic heterocycles. The van der Waals surface area contributed by atoms with Gasteiger partial charge in [-0.25, -0.2) is 0 Å². The molecule has 4 nitrogen and oxygen atoms in total. The average Bonchev–Trinajstić information content (AvgIpc) is 3.07. The molecule has 0 spiro atoms. The predicted octanol–water partition coefficient (Wildman–Crippen LogP) is 13.2. The monoisotopic (exact) mass is 805 g/mol. The Bertz CT molecular complexity index is 581. The maximum absolute atomic E-state index is 12.0. The Balaban J connectivity index is 0. The van der Waals surface area contributed by atoms with Gasteiger partial charge >= 0.3 is 35.8 Å².